The number of methoxy groups -OCH3 is 1. The van der Waals surface area contributed by atoms with Gasteiger partial charge in [-0.15, -0.1) is 0 Å². The number of phenols is 3. The Morgan fingerprint density at radius 1 is 0.678 bits per heavy atom. The summed E-state index contributed by atoms with van der Waals surface area (Å²) in [5.41, 5.74) is 4.44. The number of hydrogen-bond donors (Lipinski definition) is 5. The van der Waals surface area contributed by atoms with Gasteiger partial charge in [0.05, 0.1) is 31.0 Å². The van der Waals surface area contributed by atoms with Crippen molar-refractivity contribution < 1.29 is 49.2 Å². The van der Waals surface area contributed by atoms with Crippen LogP contribution in [0.2, 0.25) is 0 Å². The minimum Gasteiger partial charge on any atom is -0.508 e. The third kappa shape index (κ3) is 7.98. The maximum Gasteiger partial charge on any atom is 0.133 e. The van der Waals surface area contributed by atoms with Crippen LogP contribution in [0.1, 0.15) is 98.7 Å². The van der Waals surface area contributed by atoms with E-state index in [2.05, 4.69) is 0 Å². The van der Waals surface area contributed by atoms with Gasteiger partial charge in [-0.3, -0.25) is 0 Å². The van der Waals surface area contributed by atoms with Crippen molar-refractivity contribution in [2.75, 3.05) is 20.3 Å². The van der Waals surface area contributed by atoms with Gasteiger partial charge < -0.3 is 49.2 Å². The van der Waals surface area contributed by atoms with Crippen molar-refractivity contribution in [3.05, 3.63) is 101 Å². The van der Waals surface area contributed by atoms with Gasteiger partial charge in [-0.05, 0) is 142 Å². The first kappa shape index (κ1) is 39.3. The molecule has 2 heterocycles. The number of aromatic hydroxyl groups is 3. The number of phenolic OH excluding ortho intramolecular Hbond substituents is 3. The molecular formula is C49H54O10. The average molecular weight is 803 g/mol. The van der Waals surface area contributed by atoms with Crippen LogP contribution in [-0.2, 0) is 11.2 Å². The molecule has 2 aliphatic carbocycles. The second kappa shape index (κ2) is 16.8. The van der Waals surface area contributed by atoms with E-state index in [1.165, 1.54) is 0 Å². The van der Waals surface area contributed by atoms with Crippen molar-refractivity contribution >= 4 is 10.8 Å². The second-order valence-corrected chi connectivity index (χ2v) is 16.9. The zero-order valence-corrected chi connectivity index (χ0v) is 33.5. The van der Waals surface area contributed by atoms with E-state index >= 15 is 0 Å². The summed E-state index contributed by atoms with van der Waals surface area (Å²) < 4.78 is 32.3. The molecule has 310 valence electrons. The van der Waals surface area contributed by atoms with E-state index in [1.807, 2.05) is 36.4 Å². The highest BCUT2D eigenvalue weighted by Gasteiger charge is 2.48. The molecule has 5 N–H and O–H groups in total. The van der Waals surface area contributed by atoms with Crippen molar-refractivity contribution in [2.24, 2.45) is 11.8 Å². The average Bonchev–Trinajstić information content (AvgIpc) is 3.94. The molecule has 10 heteroatoms. The Bertz CT molecular complexity index is 2290. The molecule has 0 spiro atoms. The minimum atomic E-state index is -1.04. The Balaban J connectivity index is 1.11. The van der Waals surface area contributed by atoms with Gasteiger partial charge in [0, 0.05) is 59.4 Å². The van der Waals surface area contributed by atoms with E-state index in [-0.39, 0.29) is 36.1 Å². The van der Waals surface area contributed by atoms with Crippen LogP contribution in [0, 0.1) is 11.8 Å². The van der Waals surface area contributed by atoms with E-state index in [9.17, 15) is 25.5 Å². The third-order valence-electron chi connectivity index (χ3n) is 12.9. The Morgan fingerprint density at radius 3 is 2.15 bits per heavy atom. The lowest BCUT2D eigenvalue weighted by Crippen LogP contribution is -2.46. The number of benzene rings is 5. The van der Waals surface area contributed by atoms with Crippen LogP contribution in [-0.4, -0.2) is 64.2 Å². The molecule has 0 unspecified atom stereocenters. The molecule has 2 fully saturated rings. The highest BCUT2D eigenvalue weighted by molar-refractivity contribution is 5.96. The Labute approximate surface area is 344 Å². The largest absolute Gasteiger partial charge is 0.508 e. The predicted molar refractivity (Wildman–Crippen MR) is 224 cm³/mol. The molecule has 0 aromatic heterocycles. The van der Waals surface area contributed by atoms with E-state index in [0.717, 1.165) is 84.4 Å². The van der Waals surface area contributed by atoms with Gasteiger partial charge in [0.15, 0.2) is 0 Å². The van der Waals surface area contributed by atoms with Crippen LogP contribution in [0.4, 0.5) is 0 Å². The Morgan fingerprint density at radius 2 is 1.39 bits per heavy atom. The van der Waals surface area contributed by atoms with Gasteiger partial charge in [-0.25, -0.2) is 0 Å². The maximum absolute atomic E-state index is 12.6. The fourth-order valence-electron chi connectivity index (χ4n) is 10.0. The summed E-state index contributed by atoms with van der Waals surface area (Å²) in [6, 6.07) is 23.1. The molecule has 0 radical (unpaired) electrons. The van der Waals surface area contributed by atoms with Crippen LogP contribution >= 0.6 is 0 Å². The Hall–Kier alpha value is -5.16. The smallest absolute Gasteiger partial charge is 0.133 e. The number of aliphatic hydroxyl groups excluding tert-OH is 2. The molecule has 0 saturated heterocycles. The molecule has 5 atom stereocenters. The lowest BCUT2D eigenvalue weighted by molar-refractivity contribution is -0.0884. The summed E-state index contributed by atoms with van der Waals surface area (Å²) in [7, 11) is 1.66. The van der Waals surface area contributed by atoms with Gasteiger partial charge in [0.1, 0.15) is 46.4 Å². The standard InChI is InChI=1S/C49H54O10/c1-55-19-7-14-43-45(47(54)41-26-44(58-35-12-4-5-13-35)39-24-33(52)16-18-38(39)49(41)59-43)42-27-56-48-30(23-36(25-40(48)46(42)53)57-34-10-2-3-11-34)20-29-22-32(51)15-17-37(29)28-8-6-9-31(50)21-28/h6,8-9,15-18,21-26,34-35,42-43,45-47,50-54H,2-5,7,10-14,19-20,27H2,1H3/t42-,43-,45+,46+,47-/m0/s1. The number of aliphatic hydroxyl groups is 2. The zero-order valence-electron chi connectivity index (χ0n) is 33.5. The molecular weight excluding hydrogens is 749 g/mol. The van der Waals surface area contributed by atoms with Crippen molar-refractivity contribution in [2.45, 2.75) is 101 Å². The molecule has 4 aliphatic rings. The quantitative estimate of drug-likeness (QED) is 0.0773. The molecule has 5 aromatic carbocycles. The first-order chi connectivity index (χ1) is 28.7. The summed E-state index contributed by atoms with van der Waals surface area (Å²) in [6.45, 7) is 0.632. The topological polar surface area (TPSA) is 147 Å². The van der Waals surface area contributed by atoms with Gasteiger partial charge >= 0.3 is 0 Å². The van der Waals surface area contributed by atoms with E-state index in [0.29, 0.717) is 60.0 Å². The lowest BCUT2D eigenvalue weighted by atomic mass is 9.72. The molecule has 2 aliphatic heterocycles. The van der Waals surface area contributed by atoms with Crippen molar-refractivity contribution in [1.82, 2.24) is 0 Å². The summed E-state index contributed by atoms with van der Waals surface area (Å²) in [4.78, 5) is 0. The van der Waals surface area contributed by atoms with Crippen LogP contribution in [0.3, 0.4) is 0 Å². The highest BCUT2D eigenvalue weighted by Crippen LogP contribution is 2.54. The monoisotopic (exact) mass is 802 g/mol. The predicted octanol–water partition coefficient (Wildman–Crippen LogP) is 9.44. The summed E-state index contributed by atoms with van der Waals surface area (Å²) >= 11 is 0. The highest BCUT2D eigenvalue weighted by atomic mass is 16.5. The maximum atomic E-state index is 12.6. The SMILES string of the molecule is COCCC[C@@H]1Oc2c(cc(OC3CCCC3)c3cc(O)ccc23)[C@H](O)[C@@H]1[C@@H]1COc2c(Cc3cc(O)ccc3-c3cccc(O)c3)cc(OC3CCCC3)cc2[C@H]1O. The molecule has 0 bridgehead atoms. The van der Waals surface area contributed by atoms with E-state index in [4.69, 9.17) is 23.7 Å². The molecule has 5 aromatic rings. The number of ether oxygens (including phenoxy) is 5. The first-order valence-corrected chi connectivity index (χ1v) is 21.3. The Kier molecular flexibility index (Phi) is 11.2. The molecule has 59 heavy (non-hydrogen) atoms. The van der Waals surface area contributed by atoms with Crippen LogP contribution < -0.4 is 18.9 Å². The summed E-state index contributed by atoms with van der Waals surface area (Å²) in [5, 5.41) is 58.2. The number of hydrogen-bond acceptors (Lipinski definition) is 10. The molecule has 9 rings (SSSR count). The number of rotatable bonds is 12. The van der Waals surface area contributed by atoms with Crippen molar-refractivity contribution in [3.8, 4) is 51.4 Å². The van der Waals surface area contributed by atoms with Crippen LogP contribution in [0.15, 0.2) is 78.9 Å². The molecule has 10 nitrogen and oxygen atoms in total. The summed E-state index contributed by atoms with van der Waals surface area (Å²) in [6.07, 6.45) is 7.34. The second-order valence-electron chi connectivity index (χ2n) is 16.9. The van der Waals surface area contributed by atoms with E-state index in [1.54, 1.807) is 49.6 Å². The minimum absolute atomic E-state index is 0.0496. The van der Waals surface area contributed by atoms with Crippen LogP contribution in [0.5, 0.6) is 40.2 Å². The molecule has 0 amide bonds. The zero-order chi connectivity index (χ0) is 40.6. The van der Waals surface area contributed by atoms with Gasteiger partial charge in [0.25, 0.3) is 0 Å². The summed E-state index contributed by atoms with van der Waals surface area (Å²) in [5.74, 6) is 1.60. The fourth-order valence-corrected chi connectivity index (χ4v) is 10.0. The van der Waals surface area contributed by atoms with Crippen molar-refractivity contribution in [3.63, 3.8) is 0 Å². The number of fused-ring (bicyclic) bond motifs is 4. The fraction of sp³-hybridized carbons (Fsp3) is 0.429. The normalized spacial score (nSPS) is 23.1. The third-order valence-corrected chi connectivity index (χ3v) is 12.9. The molecule has 2 saturated carbocycles. The first-order valence-electron chi connectivity index (χ1n) is 21.3. The van der Waals surface area contributed by atoms with Gasteiger partial charge in [-0.1, -0.05) is 18.2 Å². The van der Waals surface area contributed by atoms with Crippen molar-refractivity contribution in [1.29, 1.82) is 0 Å². The van der Waals surface area contributed by atoms with Gasteiger partial charge in [-0.2, -0.15) is 0 Å². The van der Waals surface area contributed by atoms with Crippen LogP contribution in [0.25, 0.3) is 21.9 Å². The van der Waals surface area contributed by atoms with E-state index < -0.39 is 30.1 Å². The van der Waals surface area contributed by atoms with Gasteiger partial charge in [0.2, 0.25) is 0 Å². The lowest BCUT2D eigenvalue weighted by Gasteiger charge is -2.45.